The molecular weight excluding hydrogens is 535 g/mol. The van der Waals surface area contributed by atoms with Crippen LogP contribution in [0.25, 0.3) is 5.69 Å². The van der Waals surface area contributed by atoms with E-state index in [1.165, 1.54) is 0 Å². The van der Waals surface area contributed by atoms with Crippen molar-refractivity contribution in [2.24, 2.45) is 11.1 Å². The first-order chi connectivity index (χ1) is 15.4. The molecule has 0 unspecified atom stereocenters. The SMILES string of the molecule is CC1(C)CC(=O)c2[c-]cn(-c3ccc(C(N)=O)c(NC4CCC(OS(=O)(=O)O)CC4)c3)c2C1.[Y]. The fourth-order valence-corrected chi connectivity index (χ4v) is 5.34. The van der Waals surface area contributed by atoms with E-state index in [0.29, 0.717) is 48.9 Å². The van der Waals surface area contributed by atoms with E-state index in [0.717, 1.165) is 17.8 Å². The molecule has 1 radical (unpaired) electrons. The van der Waals surface area contributed by atoms with E-state index in [2.05, 4.69) is 29.4 Å². The van der Waals surface area contributed by atoms with E-state index in [1.807, 2.05) is 10.6 Å². The zero-order valence-electron chi connectivity index (χ0n) is 19.2. The van der Waals surface area contributed by atoms with Gasteiger partial charge < -0.3 is 20.4 Å². The van der Waals surface area contributed by atoms with Gasteiger partial charge in [0.05, 0.1) is 17.5 Å². The molecule has 1 amide bonds. The van der Waals surface area contributed by atoms with Crippen LogP contribution in [-0.4, -0.2) is 41.4 Å². The van der Waals surface area contributed by atoms with E-state index >= 15 is 0 Å². The van der Waals surface area contributed by atoms with E-state index in [9.17, 15) is 18.0 Å². The molecule has 0 atom stereocenters. The summed E-state index contributed by atoms with van der Waals surface area (Å²) in [5.41, 5.74) is 8.66. The van der Waals surface area contributed by atoms with Gasteiger partial charge in [-0.25, -0.2) is 4.18 Å². The smallest absolute Gasteiger partial charge is 0.386 e. The summed E-state index contributed by atoms with van der Waals surface area (Å²) in [4.78, 5) is 24.6. The van der Waals surface area contributed by atoms with Crippen LogP contribution in [0.4, 0.5) is 5.69 Å². The molecule has 4 N–H and O–H groups in total. The summed E-state index contributed by atoms with van der Waals surface area (Å²) in [7, 11) is -4.48. The van der Waals surface area contributed by atoms with E-state index in [-0.39, 0.29) is 49.9 Å². The van der Waals surface area contributed by atoms with Crippen LogP contribution in [0.2, 0.25) is 0 Å². The van der Waals surface area contributed by atoms with Crippen molar-refractivity contribution in [3.05, 3.63) is 47.3 Å². The normalized spacial score (nSPS) is 21.9. The van der Waals surface area contributed by atoms with Crippen LogP contribution in [-0.2, 0) is 53.7 Å². The molecule has 2 aliphatic rings. The molecule has 0 bridgehead atoms. The van der Waals surface area contributed by atoms with Gasteiger partial charge in [-0.1, -0.05) is 32.2 Å². The Kier molecular flexibility index (Phi) is 8.09. The summed E-state index contributed by atoms with van der Waals surface area (Å²) in [6.45, 7) is 4.13. The Bertz CT molecular complexity index is 1200. The molecule has 1 saturated carbocycles. The number of anilines is 1. The second-order valence-electron chi connectivity index (χ2n) is 9.64. The van der Waals surface area contributed by atoms with Gasteiger partial charge in [0.25, 0.3) is 5.91 Å². The Labute approximate surface area is 224 Å². The number of ketones is 1. The van der Waals surface area contributed by atoms with Crippen molar-refractivity contribution >= 4 is 27.8 Å². The summed E-state index contributed by atoms with van der Waals surface area (Å²) in [5, 5.41) is 3.36. The van der Waals surface area contributed by atoms with Crippen LogP contribution in [0.5, 0.6) is 0 Å². The summed E-state index contributed by atoms with van der Waals surface area (Å²) >= 11 is 0. The minimum absolute atomic E-state index is 0. The van der Waals surface area contributed by atoms with Crippen LogP contribution in [0, 0.1) is 11.5 Å². The third-order valence-electron chi connectivity index (χ3n) is 6.32. The van der Waals surface area contributed by atoms with Gasteiger partial charge in [-0.15, -0.1) is 5.56 Å². The molecule has 0 saturated heterocycles. The number of carbonyl (C=O) groups is 2. The van der Waals surface area contributed by atoms with E-state index in [1.54, 1.807) is 18.3 Å². The Morgan fingerprint density at radius 1 is 1.24 bits per heavy atom. The van der Waals surface area contributed by atoms with Gasteiger partial charge in [-0.2, -0.15) is 14.5 Å². The van der Waals surface area contributed by atoms with Crippen LogP contribution in [0.1, 0.15) is 72.4 Å². The van der Waals surface area contributed by atoms with E-state index in [4.69, 9.17) is 10.3 Å². The third kappa shape index (κ3) is 6.15. The minimum Gasteiger partial charge on any atom is -0.386 e. The molecule has 181 valence electrons. The zero-order chi connectivity index (χ0) is 24.0. The van der Waals surface area contributed by atoms with Gasteiger partial charge in [-0.05, 0) is 55.7 Å². The minimum atomic E-state index is -4.48. The molecule has 1 heterocycles. The molecule has 34 heavy (non-hydrogen) atoms. The van der Waals surface area contributed by atoms with Gasteiger partial charge in [0.15, 0.2) is 0 Å². The fraction of sp³-hybridized carbons (Fsp3) is 0.478. The Morgan fingerprint density at radius 3 is 2.53 bits per heavy atom. The number of Topliss-reactive ketones (excluding diaryl/α,β-unsaturated/α-hetero) is 1. The first-order valence-electron chi connectivity index (χ1n) is 10.9. The average molecular weight is 563 g/mol. The summed E-state index contributed by atoms with van der Waals surface area (Å²) in [6, 6.07) is 8.36. The van der Waals surface area contributed by atoms with Gasteiger partial charge in [0.2, 0.25) is 0 Å². The van der Waals surface area contributed by atoms with Crippen LogP contribution in [0.3, 0.4) is 0 Å². The number of aromatic nitrogens is 1. The molecule has 2 aromatic rings. The molecule has 0 aliphatic heterocycles. The van der Waals surface area contributed by atoms with Gasteiger partial charge in [0, 0.05) is 50.1 Å². The number of nitrogens with two attached hydrogens (primary N) is 1. The second-order valence-corrected chi connectivity index (χ2v) is 10.7. The maximum absolute atomic E-state index is 12.6. The van der Waals surface area contributed by atoms with Crippen molar-refractivity contribution in [2.45, 2.75) is 64.5 Å². The van der Waals surface area contributed by atoms with Crippen LogP contribution < -0.4 is 11.1 Å². The molecule has 1 aromatic heterocycles. The quantitative estimate of drug-likeness (QED) is 0.363. The standard InChI is InChI=1S/C23H28N3O6S.Y/c1-23(2)12-20-18(21(27)13-23)9-10-26(20)15-5-8-17(22(24)28)19(11-15)25-14-3-6-16(7-4-14)32-33(29,30)31;/h5,8,10-11,14,16,25H,3-4,6-7,12-13H2,1-2H3,(H2,24,28)(H,29,30,31);/q-1;. The number of primary amides is 1. The predicted molar refractivity (Wildman–Crippen MR) is 122 cm³/mol. The molecule has 1 fully saturated rings. The van der Waals surface area contributed by atoms with Gasteiger partial charge >= 0.3 is 10.4 Å². The number of rotatable bonds is 6. The van der Waals surface area contributed by atoms with Crippen molar-refractivity contribution in [3.63, 3.8) is 0 Å². The number of carbonyl (C=O) groups excluding carboxylic acids is 2. The summed E-state index contributed by atoms with van der Waals surface area (Å²) < 4.78 is 37.4. The van der Waals surface area contributed by atoms with Crippen molar-refractivity contribution in [3.8, 4) is 5.69 Å². The first-order valence-corrected chi connectivity index (χ1v) is 12.3. The predicted octanol–water partition coefficient (Wildman–Crippen LogP) is 3.07. The largest absolute Gasteiger partial charge is 0.397 e. The zero-order valence-corrected chi connectivity index (χ0v) is 22.9. The monoisotopic (exact) mass is 563 g/mol. The number of benzene rings is 1. The number of amides is 1. The van der Waals surface area contributed by atoms with Crippen molar-refractivity contribution < 1.29 is 59.5 Å². The topological polar surface area (TPSA) is 141 Å². The summed E-state index contributed by atoms with van der Waals surface area (Å²) in [5.74, 6) is -0.485. The van der Waals surface area contributed by atoms with Crippen molar-refractivity contribution in [1.82, 2.24) is 4.57 Å². The maximum atomic E-state index is 12.6. The molecule has 11 heteroatoms. The maximum Gasteiger partial charge on any atom is 0.397 e. The second kappa shape index (κ2) is 10.2. The molecule has 4 rings (SSSR count). The molecule has 2 aliphatic carbocycles. The fourth-order valence-electron chi connectivity index (χ4n) is 4.81. The van der Waals surface area contributed by atoms with Gasteiger partial charge in [-0.3, -0.25) is 9.35 Å². The number of fused-ring (bicyclic) bond motifs is 1. The van der Waals surface area contributed by atoms with Crippen molar-refractivity contribution in [2.75, 3.05) is 5.32 Å². The van der Waals surface area contributed by atoms with E-state index < -0.39 is 22.4 Å². The molecular formula is C23H28N3O6SY-. The molecule has 1 aromatic carbocycles. The molecule has 9 nitrogen and oxygen atoms in total. The number of nitrogens with one attached hydrogen (secondary N) is 1. The van der Waals surface area contributed by atoms with Crippen molar-refractivity contribution in [1.29, 1.82) is 0 Å². The van der Waals surface area contributed by atoms with Crippen LogP contribution in [0.15, 0.2) is 24.4 Å². The number of hydrogen-bond donors (Lipinski definition) is 3. The summed E-state index contributed by atoms with van der Waals surface area (Å²) in [6.07, 6.45) is 4.48. The Morgan fingerprint density at radius 2 is 1.91 bits per heavy atom. The molecule has 0 spiro atoms. The van der Waals surface area contributed by atoms with Gasteiger partial charge in [0.1, 0.15) is 0 Å². The van der Waals surface area contributed by atoms with Crippen LogP contribution >= 0.6 is 0 Å². The third-order valence-corrected chi connectivity index (χ3v) is 6.83. The number of nitrogens with zero attached hydrogens (tertiary/aromatic N) is 1. The number of hydrogen-bond acceptors (Lipinski definition) is 6. The Balaban J connectivity index is 0.00000324. The Hall–Kier alpha value is -1.59. The first kappa shape index (κ1) is 27.0. The average Bonchev–Trinajstić information content (AvgIpc) is 3.11.